The van der Waals surface area contributed by atoms with Crippen molar-refractivity contribution in [3.63, 3.8) is 0 Å². The molecule has 1 amide bonds. The number of benzene rings is 1. The monoisotopic (exact) mass is 310 g/mol. The third kappa shape index (κ3) is 3.77. The maximum absolute atomic E-state index is 13.4. The molecule has 1 aromatic rings. The molecule has 1 aliphatic rings. The van der Waals surface area contributed by atoms with Gasteiger partial charge in [0.15, 0.2) is 11.6 Å². The molecule has 0 aromatic heterocycles. The van der Waals surface area contributed by atoms with Gasteiger partial charge in [-0.3, -0.25) is 10.1 Å². The van der Waals surface area contributed by atoms with Crippen LogP contribution < -0.4 is 15.4 Å². The number of halogens is 4. The maximum atomic E-state index is 13.4. The van der Waals surface area contributed by atoms with Gasteiger partial charge in [0.25, 0.3) is 5.92 Å². The largest absolute Gasteiger partial charge is 0.494 e. The van der Waals surface area contributed by atoms with Crippen molar-refractivity contribution in [3.05, 3.63) is 24.0 Å². The first-order valence-electron chi connectivity index (χ1n) is 5.67. The predicted molar refractivity (Wildman–Crippen MR) is 70.2 cm³/mol. The summed E-state index contributed by atoms with van der Waals surface area (Å²) in [5, 5.41) is 4.81. The molecule has 4 nitrogen and oxygen atoms in total. The first-order valence-corrected chi connectivity index (χ1v) is 5.67. The zero-order valence-electron chi connectivity index (χ0n) is 10.6. The molecular weight excluding hydrogens is 297 g/mol. The van der Waals surface area contributed by atoms with E-state index in [1.54, 1.807) is 0 Å². The number of ether oxygens (including phenoxy) is 1. The van der Waals surface area contributed by atoms with Gasteiger partial charge in [-0.1, -0.05) is 0 Å². The molecule has 2 N–H and O–H groups in total. The Labute approximate surface area is 120 Å². The number of hydrogen-bond acceptors (Lipinski definition) is 3. The second-order valence-corrected chi connectivity index (χ2v) is 4.33. The van der Waals surface area contributed by atoms with Gasteiger partial charge in [-0.25, -0.2) is 13.2 Å². The molecule has 1 atom stereocenters. The van der Waals surface area contributed by atoms with E-state index in [0.29, 0.717) is 0 Å². The van der Waals surface area contributed by atoms with Gasteiger partial charge in [0.2, 0.25) is 5.91 Å². The number of methoxy groups -OCH3 is 1. The first kappa shape index (κ1) is 16.6. The van der Waals surface area contributed by atoms with Gasteiger partial charge in [-0.05, 0) is 12.1 Å². The normalized spacial score (nSPS) is 20.1. The van der Waals surface area contributed by atoms with Crippen molar-refractivity contribution in [1.29, 1.82) is 0 Å². The Kier molecular flexibility index (Phi) is 5.24. The van der Waals surface area contributed by atoms with Crippen LogP contribution in [0, 0.1) is 5.82 Å². The summed E-state index contributed by atoms with van der Waals surface area (Å²) < 4.78 is 44.0. The Balaban J connectivity index is 0.00000200. The molecule has 1 saturated heterocycles. The van der Waals surface area contributed by atoms with Gasteiger partial charge in [-0.2, -0.15) is 0 Å². The molecule has 20 heavy (non-hydrogen) atoms. The predicted octanol–water partition coefficient (Wildman–Crippen LogP) is 2.19. The van der Waals surface area contributed by atoms with Crippen LogP contribution in [0.1, 0.15) is 6.42 Å². The number of hydrogen-bond donors (Lipinski definition) is 2. The summed E-state index contributed by atoms with van der Waals surface area (Å²) in [4.78, 5) is 11.7. The summed E-state index contributed by atoms with van der Waals surface area (Å²) >= 11 is 0. The van der Waals surface area contributed by atoms with Crippen LogP contribution >= 0.6 is 12.4 Å². The fourth-order valence-corrected chi connectivity index (χ4v) is 1.87. The zero-order valence-corrected chi connectivity index (χ0v) is 11.4. The van der Waals surface area contributed by atoms with E-state index in [4.69, 9.17) is 4.74 Å². The summed E-state index contributed by atoms with van der Waals surface area (Å²) in [5.74, 6) is -4.08. The van der Waals surface area contributed by atoms with E-state index in [2.05, 4.69) is 10.6 Å². The van der Waals surface area contributed by atoms with Gasteiger partial charge in [0, 0.05) is 18.2 Å². The summed E-state index contributed by atoms with van der Waals surface area (Å²) in [6, 6.07) is 2.89. The standard InChI is InChI=1S/C12H13F3N2O2.ClH/c1-19-10-3-2-7(4-8(10)13)17-11(18)9-5-12(14,15)6-16-9;/h2-4,9,16H,5-6H2,1H3,(H,17,18);1H. The minimum Gasteiger partial charge on any atom is -0.494 e. The summed E-state index contributed by atoms with van der Waals surface area (Å²) in [6.45, 7) is -0.526. The lowest BCUT2D eigenvalue weighted by Gasteiger charge is -2.12. The highest BCUT2D eigenvalue weighted by molar-refractivity contribution is 5.95. The molecule has 2 rings (SSSR count). The van der Waals surface area contributed by atoms with Crippen molar-refractivity contribution in [2.75, 3.05) is 19.0 Å². The Morgan fingerprint density at radius 1 is 1.50 bits per heavy atom. The van der Waals surface area contributed by atoms with Crippen LogP contribution in [0.3, 0.4) is 0 Å². The molecule has 0 aliphatic carbocycles. The average Bonchev–Trinajstić information content (AvgIpc) is 2.70. The van der Waals surface area contributed by atoms with Gasteiger partial charge >= 0.3 is 0 Å². The number of alkyl halides is 2. The molecule has 8 heteroatoms. The highest BCUT2D eigenvalue weighted by atomic mass is 35.5. The minimum atomic E-state index is -2.88. The molecular formula is C12H14ClF3N2O2. The SMILES string of the molecule is COc1ccc(NC(=O)C2CC(F)(F)CN2)cc1F.Cl. The fraction of sp³-hybridized carbons (Fsp3) is 0.417. The lowest BCUT2D eigenvalue weighted by Crippen LogP contribution is -2.35. The van der Waals surface area contributed by atoms with E-state index in [9.17, 15) is 18.0 Å². The van der Waals surface area contributed by atoms with Gasteiger partial charge < -0.3 is 10.1 Å². The van der Waals surface area contributed by atoms with Gasteiger partial charge in [0.1, 0.15) is 0 Å². The summed E-state index contributed by atoms with van der Waals surface area (Å²) in [6.07, 6.45) is -0.558. The summed E-state index contributed by atoms with van der Waals surface area (Å²) in [5.41, 5.74) is 0.195. The second kappa shape index (κ2) is 6.32. The quantitative estimate of drug-likeness (QED) is 0.900. The molecule has 1 aliphatic heterocycles. The van der Waals surface area contributed by atoms with Crippen molar-refractivity contribution in [1.82, 2.24) is 5.32 Å². The Morgan fingerprint density at radius 3 is 2.70 bits per heavy atom. The third-order valence-electron chi connectivity index (χ3n) is 2.85. The number of amides is 1. The van der Waals surface area contributed by atoms with Crippen LogP contribution in [0.4, 0.5) is 18.9 Å². The van der Waals surface area contributed by atoms with E-state index >= 15 is 0 Å². The molecule has 1 unspecified atom stereocenters. The lowest BCUT2D eigenvalue weighted by atomic mass is 10.2. The fourth-order valence-electron chi connectivity index (χ4n) is 1.87. The van der Waals surface area contributed by atoms with E-state index < -0.39 is 36.7 Å². The van der Waals surface area contributed by atoms with E-state index in [1.165, 1.54) is 19.2 Å². The van der Waals surface area contributed by atoms with E-state index in [1.807, 2.05) is 0 Å². The van der Waals surface area contributed by atoms with Crippen LogP contribution in [0.25, 0.3) is 0 Å². The molecule has 1 aromatic carbocycles. The molecule has 112 valence electrons. The zero-order chi connectivity index (χ0) is 14.0. The van der Waals surface area contributed by atoms with Gasteiger partial charge in [0.05, 0.1) is 19.7 Å². The van der Waals surface area contributed by atoms with Crippen molar-refractivity contribution >= 4 is 24.0 Å². The molecule has 0 spiro atoms. The number of rotatable bonds is 3. The van der Waals surface area contributed by atoms with Crippen molar-refractivity contribution in [3.8, 4) is 5.75 Å². The lowest BCUT2D eigenvalue weighted by molar-refractivity contribution is -0.118. The van der Waals surface area contributed by atoms with Crippen LogP contribution in [0.5, 0.6) is 5.75 Å². The van der Waals surface area contributed by atoms with Crippen molar-refractivity contribution < 1.29 is 22.7 Å². The molecule has 0 radical (unpaired) electrons. The van der Waals surface area contributed by atoms with Crippen LogP contribution in [0.15, 0.2) is 18.2 Å². The van der Waals surface area contributed by atoms with Crippen molar-refractivity contribution in [2.24, 2.45) is 0 Å². The highest BCUT2D eigenvalue weighted by Gasteiger charge is 2.42. The Hall–Kier alpha value is -1.47. The third-order valence-corrected chi connectivity index (χ3v) is 2.85. The Bertz CT molecular complexity index is 500. The minimum absolute atomic E-state index is 0. The molecule has 0 bridgehead atoms. The van der Waals surface area contributed by atoms with E-state index in [-0.39, 0.29) is 23.8 Å². The number of anilines is 1. The molecule has 1 fully saturated rings. The number of nitrogens with one attached hydrogen (secondary N) is 2. The van der Waals surface area contributed by atoms with E-state index in [0.717, 1.165) is 6.07 Å². The Morgan fingerprint density at radius 2 is 2.20 bits per heavy atom. The van der Waals surface area contributed by atoms with Gasteiger partial charge in [-0.15, -0.1) is 12.4 Å². The number of carbonyl (C=O) groups excluding carboxylic acids is 1. The average molecular weight is 311 g/mol. The van der Waals surface area contributed by atoms with Crippen LogP contribution in [0.2, 0.25) is 0 Å². The maximum Gasteiger partial charge on any atom is 0.262 e. The smallest absolute Gasteiger partial charge is 0.262 e. The van der Waals surface area contributed by atoms with Crippen molar-refractivity contribution in [2.45, 2.75) is 18.4 Å². The highest BCUT2D eigenvalue weighted by Crippen LogP contribution is 2.26. The number of carbonyl (C=O) groups is 1. The molecule has 0 saturated carbocycles. The topological polar surface area (TPSA) is 50.4 Å². The van der Waals surface area contributed by atoms with Crippen LogP contribution in [-0.2, 0) is 4.79 Å². The summed E-state index contributed by atoms with van der Waals surface area (Å²) in [7, 11) is 1.32. The first-order chi connectivity index (χ1) is 8.91. The molecule has 1 heterocycles. The second-order valence-electron chi connectivity index (χ2n) is 4.33. The van der Waals surface area contributed by atoms with Crippen LogP contribution in [-0.4, -0.2) is 31.5 Å².